The molecule has 2 aliphatic rings. The zero-order valence-electron chi connectivity index (χ0n) is 19.5. The number of nitrogens with zero attached hydrogens (tertiary/aromatic N) is 2. The van der Waals surface area contributed by atoms with E-state index in [1.54, 1.807) is 4.57 Å². The first kappa shape index (κ1) is 22.7. The number of para-hydroxylation sites is 1. The average Bonchev–Trinajstić information content (AvgIpc) is 3.28. The number of hydrogen-bond donors (Lipinski definition) is 1. The van der Waals surface area contributed by atoms with Gasteiger partial charge in [0, 0.05) is 23.2 Å². The van der Waals surface area contributed by atoms with Gasteiger partial charge in [-0.3, -0.25) is 14.2 Å². The largest absolute Gasteiger partial charge is 0.325 e. The fourth-order valence-electron chi connectivity index (χ4n) is 5.41. The van der Waals surface area contributed by atoms with Crippen molar-refractivity contribution < 1.29 is 4.79 Å². The van der Waals surface area contributed by atoms with Crippen molar-refractivity contribution in [3.8, 4) is 11.3 Å². The zero-order valence-corrected chi connectivity index (χ0v) is 20.3. The first-order chi connectivity index (χ1) is 16.5. The zero-order chi connectivity index (χ0) is 23.7. The van der Waals surface area contributed by atoms with Gasteiger partial charge in [0.2, 0.25) is 5.91 Å². The third-order valence-corrected chi connectivity index (χ3v) is 7.82. The lowest BCUT2D eigenvalue weighted by molar-refractivity contribution is -0.113. The van der Waals surface area contributed by atoms with E-state index in [0.29, 0.717) is 11.7 Å². The number of thioether (sulfide) groups is 1. The van der Waals surface area contributed by atoms with Crippen LogP contribution in [0.1, 0.15) is 43.7 Å². The number of anilines is 1. The molecule has 1 saturated carbocycles. The molecule has 2 aromatic carbocycles. The van der Waals surface area contributed by atoms with Crippen LogP contribution in [0.3, 0.4) is 0 Å². The number of carbonyl (C=O) groups excluding carboxylic acids is 1. The van der Waals surface area contributed by atoms with E-state index in [9.17, 15) is 9.59 Å². The number of nitrogens with one attached hydrogen (secondary N) is 1. The van der Waals surface area contributed by atoms with Crippen molar-refractivity contribution in [2.75, 3.05) is 11.1 Å². The van der Waals surface area contributed by atoms with Gasteiger partial charge in [-0.2, -0.15) is 0 Å². The molecule has 1 N–H and O–H groups in total. The molecule has 0 radical (unpaired) electrons. The Hall–Kier alpha value is -3.12. The SMILES string of the molecule is C=C(C)Cn1c(SCC(=O)Nc2ccccc2)nc2c(c1=O)C1(CCCC1)Cc1ccccc1-2. The number of benzene rings is 2. The molecule has 174 valence electrons. The summed E-state index contributed by atoms with van der Waals surface area (Å²) in [5, 5.41) is 3.48. The van der Waals surface area contributed by atoms with Crippen molar-refractivity contribution in [2.24, 2.45) is 0 Å². The summed E-state index contributed by atoms with van der Waals surface area (Å²) in [4.78, 5) is 31.7. The third kappa shape index (κ3) is 4.23. The summed E-state index contributed by atoms with van der Waals surface area (Å²) >= 11 is 1.31. The minimum atomic E-state index is -0.140. The first-order valence-electron chi connectivity index (χ1n) is 11.8. The van der Waals surface area contributed by atoms with Crippen LogP contribution in [0, 0.1) is 0 Å². The molecule has 2 aliphatic carbocycles. The molecule has 34 heavy (non-hydrogen) atoms. The highest BCUT2D eigenvalue weighted by Gasteiger charge is 2.44. The Balaban J connectivity index is 1.56. The van der Waals surface area contributed by atoms with Crippen LogP contribution in [0.4, 0.5) is 5.69 Å². The van der Waals surface area contributed by atoms with Crippen molar-refractivity contribution >= 4 is 23.4 Å². The lowest BCUT2D eigenvalue weighted by Crippen LogP contribution is -2.40. The normalized spacial score (nSPS) is 15.6. The van der Waals surface area contributed by atoms with E-state index in [-0.39, 0.29) is 22.6 Å². The number of carbonyl (C=O) groups is 1. The van der Waals surface area contributed by atoms with Crippen LogP contribution in [0.2, 0.25) is 0 Å². The predicted molar refractivity (Wildman–Crippen MR) is 138 cm³/mol. The summed E-state index contributed by atoms with van der Waals surface area (Å²) in [7, 11) is 0. The maximum Gasteiger partial charge on any atom is 0.258 e. The molecule has 0 saturated heterocycles. The fraction of sp³-hybridized carbons (Fsp3) is 0.321. The average molecular weight is 472 g/mol. The van der Waals surface area contributed by atoms with Crippen molar-refractivity contribution in [3.63, 3.8) is 0 Å². The second-order valence-electron chi connectivity index (χ2n) is 9.49. The molecular formula is C28H29N3O2S. The summed E-state index contributed by atoms with van der Waals surface area (Å²) in [5.41, 5.74) is 5.50. The Morgan fingerprint density at radius 1 is 1.12 bits per heavy atom. The van der Waals surface area contributed by atoms with Gasteiger partial charge in [0.15, 0.2) is 5.16 Å². The maximum atomic E-state index is 14.0. The van der Waals surface area contributed by atoms with Gasteiger partial charge in [0.1, 0.15) is 0 Å². The quantitative estimate of drug-likeness (QED) is 0.289. The number of amides is 1. The molecule has 6 heteroatoms. The highest BCUT2D eigenvalue weighted by molar-refractivity contribution is 7.99. The number of rotatable bonds is 6. The second-order valence-corrected chi connectivity index (χ2v) is 10.4. The minimum Gasteiger partial charge on any atom is -0.325 e. The number of hydrogen-bond acceptors (Lipinski definition) is 4. The van der Waals surface area contributed by atoms with Crippen LogP contribution in [-0.2, 0) is 23.2 Å². The molecule has 0 aliphatic heterocycles. The van der Waals surface area contributed by atoms with E-state index < -0.39 is 0 Å². The molecule has 1 aromatic heterocycles. The van der Waals surface area contributed by atoms with Gasteiger partial charge in [-0.15, -0.1) is 0 Å². The molecule has 1 spiro atoms. The molecule has 1 fully saturated rings. The molecule has 5 rings (SSSR count). The Morgan fingerprint density at radius 3 is 2.56 bits per heavy atom. The van der Waals surface area contributed by atoms with Gasteiger partial charge >= 0.3 is 0 Å². The summed E-state index contributed by atoms with van der Waals surface area (Å²) in [6, 6.07) is 17.7. The van der Waals surface area contributed by atoms with Crippen molar-refractivity contribution in [3.05, 3.63) is 88.2 Å². The number of aromatic nitrogens is 2. The predicted octanol–water partition coefficient (Wildman–Crippen LogP) is 5.59. The Kier molecular flexibility index (Phi) is 6.17. The van der Waals surface area contributed by atoms with Gasteiger partial charge < -0.3 is 5.32 Å². The van der Waals surface area contributed by atoms with Crippen LogP contribution in [-0.4, -0.2) is 21.2 Å². The van der Waals surface area contributed by atoms with Gasteiger partial charge in [-0.25, -0.2) is 4.98 Å². The Labute approximate surface area is 204 Å². The van der Waals surface area contributed by atoms with E-state index in [4.69, 9.17) is 4.98 Å². The lowest BCUT2D eigenvalue weighted by atomic mass is 9.68. The van der Waals surface area contributed by atoms with E-state index in [0.717, 1.165) is 60.2 Å². The smallest absolute Gasteiger partial charge is 0.258 e. The number of allylic oxidation sites excluding steroid dienone is 1. The van der Waals surface area contributed by atoms with E-state index in [1.165, 1.54) is 17.3 Å². The topological polar surface area (TPSA) is 64.0 Å². The first-order valence-corrected chi connectivity index (χ1v) is 12.8. The molecule has 0 atom stereocenters. The summed E-state index contributed by atoms with van der Waals surface area (Å²) in [6.45, 7) is 6.37. The second kappa shape index (κ2) is 9.26. The molecule has 0 unspecified atom stereocenters. The molecular weight excluding hydrogens is 442 g/mol. The molecule has 5 nitrogen and oxygen atoms in total. The van der Waals surface area contributed by atoms with Crippen LogP contribution in [0.5, 0.6) is 0 Å². The summed E-state index contributed by atoms with van der Waals surface area (Å²) < 4.78 is 1.73. The summed E-state index contributed by atoms with van der Waals surface area (Å²) in [5.74, 6) is 0.0426. The molecule has 3 aromatic rings. The van der Waals surface area contributed by atoms with Crippen molar-refractivity contribution in [2.45, 2.75) is 56.1 Å². The maximum absolute atomic E-state index is 14.0. The van der Waals surface area contributed by atoms with Crippen LogP contribution in [0.25, 0.3) is 11.3 Å². The molecule has 1 amide bonds. The highest BCUT2D eigenvalue weighted by atomic mass is 32.2. The molecule has 0 bridgehead atoms. The fourth-order valence-corrected chi connectivity index (χ4v) is 6.20. The van der Waals surface area contributed by atoms with Gasteiger partial charge in [0.25, 0.3) is 5.56 Å². The Bertz CT molecular complexity index is 1310. The number of fused-ring (bicyclic) bond motifs is 4. The van der Waals surface area contributed by atoms with E-state index >= 15 is 0 Å². The standard InChI is InChI=1S/C28H29N3O2S/c1-19(2)17-31-26(33)24-25(22-13-7-6-10-20(22)16-28(24)14-8-9-15-28)30-27(31)34-18-23(32)29-21-11-4-3-5-12-21/h3-7,10-13H,1,8-9,14-18H2,2H3,(H,29,32). The van der Waals surface area contributed by atoms with Crippen molar-refractivity contribution in [1.82, 2.24) is 9.55 Å². The summed E-state index contributed by atoms with van der Waals surface area (Å²) in [6.07, 6.45) is 5.20. The monoisotopic (exact) mass is 471 g/mol. The molecule has 1 heterocycles. The van der Waals surface area contributed by atoms with Gasteiger partial charge in [-0.05, 0) is 43.9 Å². The van der Waals surface area contributed by atoms with Gasteiger partial charge in [-0.1, -0.05) is 79.2 Å². The Morgan fingerprint density at radius 2 is 1.82 bits per heavy atom. The van der Waals surface area contributed by atoms with E-state index in [1.807, 2.05) is 43.3 Å². The van der Waals surface area contributed by atoms with Crippen LogP contribution >= 0.6 is 11.8 Å². The van der Waals surface area contributed by atoms with Crippen LogP contribution in [0.15, 0.2) is 76.7 Å². The van der Waals surface area contributed by atoms with Crippen LogP contribution < -0.4 is 10.9 Å². The third-order valence-electron chi connectivity index (χ3n) is 6.84. The highest BCUT2D eigenvalue weighted by Crippen LogP contribution is 2.49. The lowest BCUT2D eigenvalue weighted by Gasteiger charge is -2.36. The van der Waals surface area contributed by atoms with Crippen molar-refractivity contribution in [1.29, 1.82) is 0 Å². The van der Waals surface area contributed by atoms with E-state index in [2.05, 4.69) is 30.1 Å². The van der Waals surface area contributed by atoms with Gasteiger partial charge in [0.05, 0.1) is 17.0 Å². The minimum absolute atomic E-state index is 0.0235.